The summed E-state index contributed by atoms with van der Waals surface area (Å²) in [5.41, 5.74) is -0.0583. The second-order valence-electron chi connectivity index (χ2n) is 24.3. The van der Waals surface area contributed by atoms with E-state index < -0.39 is 155 Å². The van der Waals surface area contributed by atoms with Gasteiger partial charge in [0.25, 0.3) is 0 Å². The molecule has 0 amide bonds. The maximum Gasteiger partial charge on any atom is 0.187 e. The van der Waals surface area contributed by atoms with E-state index in [1.807, 2.05) is 6.92 Å². The summed E-state index contributed by atoms with van der Waals surface area (Å²) in [4.78, 5) is 0. The summed E-state index contributed by atoms with van der Waals surface area (Å²) in [6.07, 6.45) is -22.7. The quantitative estimate of drug-likeness (QED) is 0.0730. The van der Waals surface area contributed by atoms with E-state index >= 15 is 0 Å². The average Bonchev–Trinajstić information content (AvgIpc) is 3.82. The molecular weight excluding hydrogens is 981 g/mol. The lowest BCUT2D eigenvalue weighted by Gasteiger charge is -2.61. The molecule has 4 saturated carbocycles. The Hall–Kier alpha value is -0.920. The molecule has 9 rings (SSSR count). The smallest absolute Gasteiger partial charge is 0.187 e. The highest BCUT2D eigenvalue weighted by Gasteiger charge is 2.68. The second kappa shape index (κ2) is 22.6. The molecule has 0 aromatic carbocycles. The van der Waals surface area contributed by atoms with Crippen molar-refractivity contribution in [2.45, 2.75) is 240 Å². The highest BCUT2D eigenvalue weighted by molar-refractivity contribution is 5.15. The van der Waals surface area contributed by atoms with Gasteiger partial charge in [-0.2, -0.15) is 0 Å². The van der Waals surface area contributed by atoms with Crippen LogP contribution in [0.2, 0.25) is 0 Å². The molecule has 9 fully saturated rings. The van der Waals surface area contributed by atoms with Crippen molar-refractivity contribution in [3.8, 4) is 0 Å². The summed E-state index contributed by atoms with van der Waals surface area (Å²) in [5.74, 6) is 0.202. The Morgan fingerprint density at radius 1 is 0.554 bits per heavy atom. The number of fused-ring (bicyclic) bond motifs is 7. The molecule has 0 aromatic rings. The van der Waals surface area contributed by atoms with Crippen LogP contribution < -0.4 is 0 Å². The Kier molecular flexibility index (Phi) is 17.6. The molecule has 5 aliphatic heterocycles. The van der Waals surface area contributed by atoms with Gasteiger partial charge in [-0.15, -0.1) is 0 Å². The van der Waals surface area contributed by atoms with Crippen molar-refractivity contribution < 1.29 is 114 Å². The van der Waals surface area contributed by atoms with Crippen molar-refractivity contribution in [2.24, 2.45) is 52.3 Å². The summed E-state index contributed by atoms with van der Waals surface area (Å²) in [5, 5.41) is 149. The van der Waals surface area contributed by atoms with Crippen LogP contribution in [0.25, 0.3) is 0 Å². The molecule has 5 heterocycles. The minimum atomic E-state index is -1.85. The molecule has 0 radical (unpaired) electrons. The molecule has 14 N–H and O–H groups in total. The van der Waals surface area contributed by atoms with Crippen LogP contribution in [0.5, 0.6) is 0 Å². The van der Waals surface area contributed by atoms with Gasteiger partial charge in [0.15, 0.2) is 30.9 Å². The highest BCUT2D eigenvalue weighted by atomic mass is 16.8. The van der Waals surface area contributed by atoms with Crippen molar-refractivity contribution in [2.75, 3.05) is 26.4 Å². The van der Waals surface area contributed by atoms with Gasteiger partial charge >= 0.3 is 0 Å². The van der Waals surface area contributed by atoms with Crippen LogP contribution in [-0.4, -0.2) is 239 Å². The molecule has 0 bridgehead atoms. The van der Waals surface area contributed by atoms with Crippen LogP contribution in [0.15, 0.2) is 0 Å². The van der Waals surface area contributed by atoms with Gasteiger partial charge in [0, 0.05) is 12.3 Å². The maximum atomic E-state index is 12.1. The van der Waals surface area contributed by atoms with E-state index in [1.54, 1.807) is 0 Å². The third-order valence-corrected chi connectivity index (χ3v) is 20.1. The lowest BCUT2D eigenvalue weighted by molar-refractivity contribution is -0.390. The maximum absolute atomic E-state index is 12.1. The third kappa shape index (κ3) is 10.3. The van der Waals surface area contributed by atoms with E-state index in [1.165, 1.54) is 6.92 Å². The van der Waals surface area contributed by atoms with Crippen molar-refractivity contribution in [1.82, 2.24) is 0 Å². The second-order valence-corrected chi connectivity index (χ2v) is 24.3. The van der Waals surface area contributed by atoms with Gasteiger partial charge in [-0.05, 0) is 111 Å². The van der Waals surface area contributed by atoms with Crippen molar-refractivity contribution in [3.63, 3.8) is 0 Å². The first kappa shape index (κ1) is 57.8. The van der Waals surface area contributed by atoms with Gasteiger partial charge < -0.3 is 114 Å². The third-order valence-electron chi connectivity index (χ3n) is 20.1. The normalized spacial score (nSPS) is 56.0. The van der Waals surface area contributed by atoms with Crippen molar-refractivity contribution >= 4 is 0 Å². The average molecular weight is 1070 g/mol. The zero-order chi connectivity index (χ0) is 53.5. The number of rotatable bonds is 15. The summed E-state index contributed by atoms with van der Waals surface area (Å²) in [7, 11) is 0. The Labute approximate surface area is 431 Å². The predicted octanol–water partition coefficient (Wildman–Crippen LogP) is -2.93. The minimum Gasteiger partial charge on any atom is -0.394 e. The van der Waals surface area contributed by atoms with E-state index in [-0.39, 0.29) is 47.2 Å². The lowest BCUT2D eigenvalue weighted by Crippen LogP contribution is -2.67. The lowest BCUT2D eigenvalue weighted by atomic mass is 9.44. The first-order chi connectivity index (χ1) is 35.0. The molecular formula is C51H86O23. The standard InChI is InChI=1S/C51H86O23/c1-20(19-66-45-39(61)37(59)34(56)29(16-52)69-45)8-13-51(65)21(2)32-28(74-51)15-27-25-7-6-23-14-24(9-11-49(23,4)26(25)10-12-50(27,32)5)68-48-44(73-46-40(62)36(58)33(55)22(3)67-46)42(64)43(31(18-54)71-48)72-47-41(63)38(60)35(57)30(17-53)70-47/h20-48,52-65H,6-19H2,1-5H3/t20-,21-,22-,23-,24-,25+,26-,27-,28-,29-,30+,31+,32-,33-,34-,35+,36+,37+,38-,39-,40+,41+,42-,43-,44+,45+,46-,47-,48+,49-,50-,51+/m0/s1. The molecule has 428 valence electrons. The van der Waals surface area contributed by atoms with Crippen molar-refractivity contribution in [3.05, 3.63) is 0 Å². The molecule has 9 aliphatic rings. The van der Waals surface area contributed by atoms with Gasteiger partial charge in [-0.25, -0.2) is 0 Å². The Balaban J connectivity index is 0.833. The Bertz CT molecular complexity index is 1850. The number of hydrogen-bond donors (Lipinski definition) is 14. The molecule has 23 heteroatoms. The molecule has 0 aromatic heterocycles. The van der Waals surface area contributed by atoms with Crippen LogP contribution in [0.3, 0.4) is 0 Å². The summed E-state index contributed by atoms with van der Waals surface area (Å²) in [6, 6.07) is 0. The first-order valence-electron chi connectivity index (χ1n) is 27.2. The number of aliphatic hydroxyl groups is 14. The van der Waals surface area contributed by atoms with E-state index in [4.69, 9.17) is 42.6 Å². The summed E-state index contributed by atoms with van der Waals surface area (Å²) < 4.78 is 54.5. The van der Waals surface area contributed by atoms with Gasteiger partial charge in [-0.3, -0.25) is 0 Å². The van der Waals surface area contributed by atoms with Gasteiger partial charge in [0.2, 0.25) is 0 Å². The largest absolute Gasteiger partial charge is 0.394 e. The summed E-state index contributed by atoms with van der Waals surface area (Å²) in [6.45, 7) is 8.49. The van der Waals surface area contributed by atoms with E-state index in [0.717, 1.165) is 38.5 Å². The molecule has 0 spiro atoms. The number of hydrogen-bond acceptors (Lipinski definition) is 23. The summed E-state index contributed by atoms with van der Waals surface area (Å²) >= 11 is 0. The van der Waals surface area contributed by atoms with Crippen LogP contribution in [0, 0.1) is 52.3 Å². The SMILES string of the molecule is C[C@@H](CC[C@@]1(O)O[C@H]2C[C@H]3[C@@H]4CC[C@H]5C[C@@H](O[C@@H]6O[C@H](CO)[C@H](O[C@@H]7O[C@H](CO)[C@@H](O)[C@H](O)[C@H]7O)[C@H](O)[C@H]6O[C@@H]6O[C@@H](C)[C@H](O)[C@@H](O)[C@H]6O)CC[C@]5(C)[C@H]4CC[C@]3(C)[C@H]2[C@@H]1C)CO[C@@H]1O[C@@H](CO)[C@H](O)[C@@H](O)[C@@H]1O. The van der Waals surface area contributed by atoms with Crippen LogP contribution in [0.1, 0.15) is 98.8 Å². The number of aliphatic hydroxyl groups excluding tert-OH is 13. The fourth-order valence-corrected chi connectivity index (χ4v) is 15.6. The minimum absolute atomic E-state index is 0.0171. The zero-order valence-corrected chi connectivity index (χ0v) is 43.1. The molecule has 23 nitrogen and oxygen atoms in total. The van der Waals surface area contributed by atoms with E-state index in [2.05, 4.69) is 20.8 Å². The molecule has 5 saturated heterocycles. The van der Waals surface area contributed by atoms with Gasteiger partial charge in [-0.1, -0.05) is 27.7 Å². The molecule has 0 unspecified atom stereocenters. The fourth-order valence-electron chi connectivity index (χ4n) is 15.6. The van der Waals surface area contributed by atoms with E-state index in [0.29, 0.717) is 43.4 Å². The van der Waals surface area contributed by atoms with Crippen LogP contribution in [-0.2, 0) is 42.6 Å². The Morgan fingerprint density at radius 2 is 1.12 bits per heavy atom. The van der Waals surface area contributed by atoms with Gasteiger partial charge in [0.05, 0.1) is 44.7 Å². The zero-order valence-electron chi connectivity index (χ0n) is 43.1. The molecule has 4 aliphatic carbocycles. The van der Waals surface area contributed by atoms with Crippen LogP contribution in [0.4, 0.5) is 0 Å². The fraction of sp³-hybridized carbons (Fsp3) is 1.00. The van der Waals surface area contributed by atoms with Crippen molar-refractivity contribution in [1.29, 1.82) is 0 Å². The highest BCUT2D eigenvalue weighted by Crippen LogP contribution is 2.71. The number of ether oxygens (including phenoxy) is 9. The molecule has 32 atom stereocenters. The molecule has 74 heavy (non-hydrogen) atoms. The first-order valence-corrected chi connectivity index (χ1v) is 27.2. The van der Waals surface area contributed by atoms with Crippen LogP contribution >= 0.6 is 0 Å². The topological polar surface area (TPSA) is 366 Å². The monoisotopic (exact) mass is 1070 g/mol. The predicted molar refractivity (Wildman–Crippen MR) is 250 cm³/mol. The van der Waals surface area contributed by atoms with E-state index in [9.17, 15) is 71.5 Å². The Morgan fingerprint density at radius 3 is 1.77 bits per heavy atom. The van der Waals surface area contributed by atoms with Gasteiger partial charge in [0.1, 0.15) is 91.6 Å².